The van der Waals surface area contributed by atoms with Crippen molar-refractivity contribution in [1.82, 2.24) is 4.98 Å². The van der Waals surface area contributed by atoms with Gasteiger partial charge in [-0.3, -0.25) is 15.5 Å². The molecule has 0 saturated heterocycles. The summed E-state index contributed by atoms with van der Waals surface area (Å²) in [4.78, 5) is 26.4. The van der Waals surface area contributed by atoms with Gasteiger partial charge in [0.05, 0.1) is 30.5 Å². The summed E-state index contributed by atoms with van der Waals surface area (Å²) in [5, 5.41) is 25.2. The van der Waals surface area contributed by atoms with E-state index in [4.69, 9.17) is 4.74 Å². The number of nitrogens with one attached hydrogen (secondary N) is 1. The van der Waals surface area contributed by atoms with Gasteiger partial charge in [-0.15, -0.1) is 0 Å². The lowest BCUT2D eigenvalue weighted by molar-refractivity contribution is -0.386. The number of phenols is 1. The molecule has 0 bridgehead atoms. The number of nitro benzene ring substituents is 1. The van der Waals surface area contributed by atoms with Crippen molar-refractivity contribution in [3.05, 3.63) is 38.4 Å². The average Bonchev–Trinajstić information content (AvgIpc) is 2.97. The molecule has 138 valence electrons. The van der Waals surface area contributed by atoms with Gasteiger partial charge in [0.15, 0.2) is 5.75 Å². The molecule has 0 aliphatic rings. The number of thiazole rings is 1. The second kappa shape index (κ2) is 8.25. The second-order valence-corrected chi connectivity index (χ2v) is 5.87. The third-order valence-electron chi connectivity index (χ3n) is 3.11. The average molecular weight is 380 g/mol. The number of benzene rings is 1. The molecule has 0 spiro atoms. The van der Waals surface area contributed by atoms with E-state index in [0.29, 0.717) is 21.3 Å². The topological polar surface area (TPSA) is 136 Å². The quantitative estimate of drug-likeness (QED) is 0.324. The van der Waals surface area contributed by atoms with E-state index in [-0.39, 0.29) is 12.4 Å². The van der Waals surface area contributed by atoms with E-state index in [0.717, 1.165) is 17.4 Å². The summed E-state index contributed by atoms with van der Waals surface area (Å²) in [6.45, 7) is 3.59. The summed E-state index contributed by atoms with van der Waals surface area (Å²) in [6.07, 6.45) is 1.31. The van der Waals surface area contributed by atoms with Crippen molar-refractivity contribution in [3.8, 4) is 11.5 Å². The van der Waals surface area contributed by atoms with Gasteiger partial charge in [0.2, 0.25) is 10.9 Å². The van der Waals surface area contributed by atoms with E-state index in [1.807, 2.05) is 0 Å². The maximum Gasteiger partial charge on any atom is 0.350 e. The first-order valence-electron chi connectivity index (χ1n) is 7.36. The fraction of sp³-hybridized carbons (Fsp3) is 0.267. The Hall–Kier alpha value is -3.21. The number of aromatic hydroxyl groups is 1. The van der Waals surface area contributed by atoms with Crippen LogP contribution >= 0.6 is 11.3 Å². The van der Waals surface area contributed by atoms with Gasteiger partial charge in [0.1, 0.15) is 4.88 Å². The van der Waals surface area contributed by atoms with Gasteiger partial charge in [0.25, 0.3) is 0 Å². The van der Waals surface area contributed by atoms with Crippen molar-refractivity contribution < 1.29 is 24.3 Å². The Kier molecular flexibility index (Phi) is 6.07. The maximum atomic E-state index is 11.6. The zero-order chi connectivity index (χ0) is 19.3. The molecular weight excluding hydrogens is 364 g/mol. The standard InChI is InChI=1S/C15H16N4O6S/c1-4-25-11-6-9(5-10(12(11)20)19(22)23)7-16-18-15-17-8(2)13(26-15)14(21)24-3/h5-7,20H,4H2,1-3H3,(H,17,18)/b16-7-. The van der Waals surface area contributed by atoms with Crippen LogP contribution in [-0.2, 0) is 4.74 Å². The highest BCUT2D eigenvalue weighted by Crippen LogP contribution is 2.36. The molecule has 11 heteroatoms. The molecule has 1 heterocycles. The van der Waals surface area contributed by atoms with E-state index in [1.54, 1.807) is 13.8 Å². The predicted molar refractivity (Wildman–Crippen MR) is 95.3 cm³/mol. The molecule has 0 unspecified atom stereocenters. The van der Waals surface area contributed by atoms with Crippen LogP contribution in [0.15, 0.2) is 17.2 Å². The first kappa shape index (κ1) is 19.1. The number of nitro groups is 1. The number of esters is 1. The van der Waals surface area contributed by atoms with E-state index < -0.39 is 22.3 Å². The number of ether oxygens (including phenoxy) is 2. The number of anilines is 1. The Morgan fingerprint density at radius 2 is 2.27 bits per heavy atom. The van der Waals surface area contributed by atoms with Crippen molar-refractivity contribution >= 4 is 34.3 Å². The molecule has 2 rings (SSSR count). The fourth-order valence-electron chi connectivity index (χ4n) is 1.98. The van der Waals surface area contributed by atoms with Crippen molar-refractivity contribution in [3.63, 3.8) is 0 Å². The highest BCUT2D eigenvalue weighted by molar-refractivity contribution is 7.17. The van der Waals surface area contributed by atoms with Crippen LogP contribution in [0.2, 0.25) is 0 Å². The zero-order valence-electron chi connectivity index (χ0n) is 14.2. The SMILES string of the molecule is CCOc1cc(/C=N\Nc2nc(C)c(C(=O)OC)s2)cc([N+](=O)[O-])c1O. The van der Waals surface area contributed by atoms with Crippen LogP contribution in [0.5, 0.6) is 11.5 Å². The zero-order valence-corrected chi connectivity index (χ0v) is 15.0. The van der Waals surface area contributed by atoms with Crippen molar-refractivity contribution in [2.45, 2.75) is 13.8 Å². The van der Waals surface area contributed by atoms with Crippen LogP contribution in [0.4, 0.5) is 10.8 Å². The van der Waals surface area contributed by atoms with Crippen LogP contribution < -0.4 is 10.2 Å². The van der Waals surface area contributed by atoms with Crippen LogP contribution in [0, 0.1) is 17.0 Å². The number of carbonyl (C=O) groups is 1. The van der Waals surface area contributed by atoms with Crippen LogP contribution in [0.1, 0.15) is 27.9 Å². The molecular formula is C15H16N4O6S. The third kappa shape index (κ3) is 4.25. The molecule has 0 amide bonds. The van der Waals surface area contributed by atoms with Crippen LogP contribution in [-0.4, -0.2) is 40.9 Å². The normalized spacial score (nSPS) is 10.7. The molecule has 2 N–H and O–H groups in total. The Balaban J connectivity index is 2.22. The Morgan fingerprint density at radius 1 is 1.54 bits per heavy atom. The number of methoxy groups -OCH3 is 1. The molecule has 1 aromatic carbocycles. The van der Waals surface area contributed by atoms with Gasteiger partial charge in [-0.25, -0.2) is 9.78 Å². The van der Waals surface area contributed by atoms with Gasteiger partial charge in [-0.05, 0) is 19.9 Å². The molecule has 1 aromatic heterocycles. The van der Waals surface area contributed by atoms with E-state index in [2.05, 4.69) is 20.2 Å². The molecule has 0 aliphatic heterocycles. The first-order valence-corrected chi connectivity index (χ1v) is 8.18. The number of aromatic nitrogens is 1. The molecule has 0 fully saturated rings. The minimum Gasteiger partial charge on any atom is -0.500 e. The van der Waals surface area contributed by atoms with Gasteiger partial charge < -0.3 is 14.6 Å². The number of nitrogens with zero attached hydrogens (tertiary/aromatic N) is 3. The van der Waals surface area contributed by atoms with Crippen molar-refractivity contribution in [2.75, 3.05) is 19.1 Å². The lowest BCUT2D eigenvalue weighted by atomic mass is 10.2. The lowest BCUT2D eigenvalue weighted by Gasteiger charge is -2.07. The van der Waals surface area contributed by atoms with Crippen molar-refractivity contribution in [2.24, 2.45) is 5.10 Å². The van der Waals surface area contributed by atoms with Gasteiger partial charge in [-0.1, -0.05) is 11.3 Å². The number of hydrogen-bond donors (Lipinski definition) is 2. The predicted octanol–water partition coefficient (Wildman–Crippen LogP) is 2.70. The first-order chi connectivity index (χ1) is 12.4. The highest BCUT2D eigenvalue weighted by atomic mass is 32.1. The number of aryl methyl sites for hydroxylation is 1. The minimum absolute atomic E-state index is 0.0128. The molecule has 0 aliphatic carbocycles. The molecule has 0 saturated carbocycles. The lowest BCUT2D eigenvalue weighted by Crippen LogP contribution is -1.99. The summed E-state index contributed by atoms with van der Waals surface area (Å²) in [7, 11) is 1.28. The summed E-state index contributed by atoms with van der Waals surface area (Å²) >= 11 is 1.07. The van der Waals surface area contributed by atoms with Crippen LogP contribution in [0.25, 0.3) is 0 Å². The molecule has 0 radical (unpaired) electrons. The Labute approximate surface area is 152 Å². The number of phenolic OH excluding ortho intramolecular Hbond substituents is 1. The maximum absolute atomic E-state index is 11.6. The van der Waals surface area contributed by atoms with Gasteiger partial charge in [0, 0.05) is 11.6 Å². The fourth-order valence-corrected chi connectivity index (χ4v) is 2.82. The largest absolute Gasteiger partial charge is 0.500 e. The number of hydrogen-bond acceptors (Lipinski definition) is 10. The molecule has 26 heavy (non-hydrogen) atoms. The van der Waals surface area contributed by atoms with Gasteiger partial charge >= 0.3 is 11.7 Å². The summed E-state index contributed by atoms with van der Waals surface area (Å²) in [5.74, 6) is -1.05. The smallest absolute Gasteiger partial charge is 0.350 e. The van der Waals surface area contributed by atoms with E-state index in [9.17, 15) is 20.0 Å². The summed E-state index contributed by atoms with van der Waals surface area (Å²) < 4.78 is 9.84. The second-order valence-electron chi connectivity index (χ2n) is 4.87. The van der Waals surface area contributed by atoms with Crippen molar-refractivity contribution in [1.29, 1.82) is 0 Å². The summed E-state index contributed by atoms with van der Waals surface area (Å²) in [6, 6.07) is 2.58. The number of carbonyl (C=O) groups excluding carboxylic acids is 1. The number of hydrazone groups is 1. The van der Waals surface area contributed by atoms with E-state index in [1.165, 1.54) is 19.4 Å². The van der Waals surface area contributed by atoms with E-state index >= 15 is 0 Å². The van der Waals surface area contributed by atoms with Gasteiger partial charge in [-0.2, -0.15) is 5.10 Å². The Bertz CT molecular complexity index is 864. The molecule has 2 aromatic rings. The van der Waals surface area contributed by atoms with Crippen LogP contribution in [0.3, 0.4) is 0 Å². The monoisotopic (exact) mass is 380 g/mol. The number of rotatable bonds is 7. The highest BCUT2D eigenvalue weighted by Gasteiger charge is 2.20. The minimum atomic E-state index is -0.713. The Morgan fingerprint density at radius 3 is 2.88 bits per heavy atom. The molecule has 0 atom stereocenters. The summed E-state index contributed by atoms with van der Waals surface area (Å²) in [5.41, 5.74) is 2.99. The molecule has 10 nitrogen and oxygen atoms in total. The third-order valence-corrected chi connectivity index (χ3v) is 4.16.